The molecule has 0 radical (unpaired) electrons. The second-order valence-electron chi connectivity index (χ2n) is 12.8. The van der Waals surface area contributed by atoms with E-state index >= 15 is 0 Å². The fraction of sp³-hybridized carbons (Fsp3) is 0.846. The molecule has 3 heteroatoms. The molecule has 0 spiro atoms. The molecule has 0 saturated carbocycles. The normalized spacial score (nSPS) is 13.9. The number of hydrogen-bond acceptors (Lipinski definition) is 0. The zero-order valence-corrected chi connectivity index (χ0v) is 25.5. The maximum absolute atomic E-state index is 2.63. The number of hydrogen-bond donors (Lipinski definition) is 0. The van der Waals surface area contributed by atoms with Crippen molar-refractivity contribution >= 4 is 24.8 Å². The average Bonchev–Trinajstić information content (AvgIpc) is 2.29. The molecule has 0 saturated heterocycles. The smallest absolute Gasteiger partial charge is 0.147 e. The Bertz CT molecular complexity index is 482. The van der Waals surface area contributed by atoms with E-state index in [0.717, 1.165) is 0 Å². The van der Waals surface area contributed by atoms with Crippen LogP contribution in [0.2, 0.25) is 7.78 Å². The van der Waals surface area contributed by atoms with Crippen LogP contribution < -0.4 is 0 Å². The number of allylic oxidation sites excluding steroid dienone is 4. The van der Waals surface area contributed by atoms with Crippen LogP contribution in [0.4, 0.5) is 0 Å². The van der Waals surface area contributed by atoms with E-state index in [1.54, 1.807) is 0 Å². The third kappa shape index (κ3) is 7.38. The Balaban J connectivity index is -0.00000338. The van der Waals surface area contributed by atoms with Gasteiger partial charge in [-0.15, -0.1) is 24.8 Å². The van der Waals surface area contributed by atoms with Crippen molar-refractivity contribution in [2.45, 2.75) is 119 Å². The van der Waals surface area contributed by atoms with Crippen molar-refractivity contribution < 1.29 is 18.0 Å². The molecule has 0 bridgehead atoms. The topological polar surface area (TPSA) is 0 Å². The van der Waals surface area contributed by atoms with E-state index in [2.05, 4.69) is 123 Å². The van der Waals surface area contributed by atoms with E-state index in [9.17, 15) is 0 Å². The monoisotopic (exact) mass is 540 g/mol. The Labute approximate surface area is 205 Å². The van der Waals surface area contributed by atoms with Crippen LogP contribution in [0.5, 0.6) is 0 Å². The SMILES string of the molecule is CC(C)=C[C]([Pd][C](C=C(C)C)(C(C)(C)C)C(C)(C)C)(C(C)(C)C)C(C)(C)C.Cl.Cl. The largest absolute Gasteiger partial charge is 0.147 e. The van der Waals surface area contributed by atoms with Crippen LogP contribution in [0.1, 0.15) is 111 Å². The van der Waals surface area contributed by atoms with Crippen molar-refractivity contribution in [3.05, 3.63) is 23.3 Å². The van der Waals surface area contributed by atoms with Gasteiger partial charge in [-0.2, -0.15) is 0 Å². The minimum absolute atomic E-state index is 0. The summed E-state index contributed by atoms with van der Waals surface area (Å²) >= 11 is 0.509. The van der Waals surface area contributed by atoms with Crippen molar-refractivity contribution in [3.63, 3.8) is 0 Å². The second-order valence-corrected chi connectivity index (χ2v) is 15.7. The first-order chi connectivity index (χ1) is 11.5. The summed E-state index contributed by atoms with van der Waals surface area (Å²) in [5.41, 5.74) is 3.57. The molecule has 0 fully saturated rings. The summed E-state index contributed by atoms with van der Waals surface area (Å²) < 4.78 is 0.249. The Morgan fingerprint density at radius 3 is 0.724 bits per heavy atom. The van der Waals surface area contributed by atoms with Crippen LogP contribution in [-0.4, -0.2) is 0 Å². The average molecular weight is 542 g/mol. The Morgan fingerprint density at radius 1 is 0.448 bits per heavy atom. The first-order valence-electron chi connectivity index (χ1n) is 10.5. The fourth-order valence-corrected chi connectivity index (χ4v) is 9.01. The van der Waals surface area contributed by atoms with E-state index in [1.165, 1.54) is 11.1 Å². The van der Waals surface area contributed by atoms with Gasteiger partial charge in [-0.3, -0.25) is 0 Å². The zero-order chi connectivity index (χ0) is 22.3. The van der Waals surface area contributed by atoms with Crippen LogP contribution in [0.25, 0.3) is 0 Å². The molecular weight excluding hydrogens is 490 g/mol. The second kappa shape index (κ2) is 10.6. The van der Waals surface area contributed by atoms with Crippen molar-refractivity contribution in [1.82, 2.24) is 0 Å². The summed E-state index contributed by atoms with van der Waals surface area (Å²) in [5, 5.41) is 0. The third-order valence-electron chi connectivity index (χ3n) is 5.39. The van der Waals surface area contributed by atoms with E-state index in [0.29, 0.717) is 18.0 Å². The molecular formula is C26H52Cl2Pd. The van der Waals surface area contributed by atoms with Gasteiger partial charge in [-0.05, 0) is 0 Å². The number of rotatable bonds is 4. The fourth-order valence-electron chi connectivity index (χ4n) is 4.59. The molecule has 0 heterocycles. The van der Waals surface area contributed by atoms with Gasteiger partial charge in [0.05, 0.1) is 0 Å². The van der Waals surface area contributed by atoms with Crippen LogP contribution in [0, 0.1) is 21.7 Å². The predicted octanol–water partition coefficient (Wildman–Crippen LogP) is 10.3. The van der Waals surface area contributed by atoms with Gasteiger partial charge in [0.25, 0.3) is 0 Å². The molecule has 180 valence electrons. The van der Waals surface area contributed by atoms with Crippen LogP contribution in [-0.2, 0) is 18.0 Å². The Kier molecular flexibility index (Phi) is 12.5. The third-order valence-corrected chi connectivity index (χ3v) is 11.7. The first kappa shape index (κ1) is 34.3. The van der Waals surface area contributed by atoms with Gasteiger partial charge in [0.2, 0.25) is 0 Å². The minimum atomic E-state index is 0. The summed E-state index contributed by atoms with van der Waals surface area (Å²) in [6.45, 7) is 38.5. The quantitative estimate of drug-likeness (QED) is 0.245. The molecule has 0 N–H and O–H groups in total. The minimum Gasteiger partial charge on any atom is -0.147 e. The molecule has 0 atom stereocenters. The molecule has 0 amide bonds. The summed E-state index contributed by atoms with van der Waals surface area (Å²) in [7, 11) is 0. The van der Waals surface area contributed by atoms with E-state index in [4.69, 9.17) is 0 Å². The van der Waals surface area contributed by atoms with Crippen LogP contribution in [0.15, 0.2) is 23.3 Å². The molecule has 0 rings (SSSR count). The first-order valence-corrected chi connectivity index (χ1v) is 12.0. The predicted molar refractivity (Wildman–Crippen MR) is 137 cm³/mol. The van der Waals surface area contributed by atoms with Crippen molar-refractivity contribution in [3.8, 4) is 0 Å². The molecule has 0 unspecified atom stereocenters. The van der Waals surface area contributed by atoms with E-state index in [-0.39, 0.29) is 54.2 Å². The van der Waals surface area contributed by atoms with E-state index < -0.39 is 0 Å². The zero-order valence-electron chi connectivity index (χ0n) is 22.3. The molecule has 0 aromatic carbocycles. The molecule has 0 nitrogen and oxygen atoms in total. The van der Waals surface area contributed by atoms with Gasteiger partial charge in [0.15, 0.2) is 0 Å². The summed E-state index contributed by atoms with van der Waals surface area (Å²) in [6, 6.07) is 0. The maximum Gasteiger partial charge on any atom is -0.147 e. The molecule has 0 aromatic rings. The molecule has 0 aliphatic heterocycles. The molecule has 0 aliphatic rings. The van der Waals surface area contributed by atoms with Gasteiger partial charge >= 0.3 is 181 Å². The summed E-state index contributed by atoms with van der Waals surface area (Å²) in [4.78, 5) is 0. The molecule has 29 heavy (non-hydrogen) atoms. The van der Waals surface area contributed by atoms with Gasteiger partial charge in [0, 0.05) is 0 Å². The van der Waals surface area contributed by atoms with Crippen LogP contribution in [0.3, 0.4) is 0 Å². The van der Waals surface area contributed by atoms with Gasteiger partial charge in [-0.1, -0.05) is 0 Å². The van der Waals surface area contributed by atoms with Gasteiger partial charge in [0.1, 0.15) is 0 Å². The molecule has 0 aromatic heterocycles. The van der Waals surface area contributed by atoms with Crippen molar-refractivity contribution in [2.24, 2.45) is 21.7 Å². The molecule has 0 aliphatic carbocycles. The van der Waals surface area contributed by atoms with Crippen molar-refractivity contribution in [2.75, 3.05) is 0 Å². The van der Waals surface area contributed by atoms with Gasteiger partial charge < -0.3 is 0 Å². The number of halogens is 2. The van der Waals surface area contributed by atoms with Crippen LogP contribution >= 0.6 is 24.8 Å². The standard InChI is InChI=1S/2C13H25.2ClH.Pd/c2*1-10(2)9-11(12(3,4)5)13(6,7)8;;;/h2*9H,1-8H3;2*1H;. The summed E-state index contributed by atoms with van der Waals surface area (Å²) in [6.07, 6.45) is 5.26. The Hall–Kier alpha value is 0.722. The van der Waals surface area contributed by atoms with Crippen molar-refractivity contribution in [1.29, 1.82) is 0 Å². The van der Waals surface area contributed by atoms with E-state index in [1.807, 2.05) is 0 Å². The summed E-state index contributed by atoms with van der Waals surface area (Å²) in [5.74, 6) is 0. The van der Waals surface area contributed by atoms with Gasteiger partial charge in [-0.25, -0.2) is 0 Å². The Morgan fingerprint density at radius 2 is 0.621 bits per heavy atom. The maximum atomic E-state index is 2.63.